The van der Waals surface area contributed by atoms with Crippen LogP contribution >= 0.6 is 0 Å². The van der Waals surface area contributed by atoms with Crippen molar-refractivity contribution in [2.75, 3.05) is 14.2 Å². The molecule has 0 radical (unpaired) electrons. The molecule has 1 aromatic rings. The van der Waals surface area contributed by atoms with Crippen LogP contribution in [0.25, 0.3) is 0 Å². The van der Waals surface area contributed by atoms with Crippen molar-refractivity contribution in [2.45, 2.75) is 12.8 Å². The molecule has 0 unspecified atom stereocenters. The Morgan fingerprint density at radius 3 is 2.65 bits per heavy atom. The number of aryl methyl sites for hydroxylation is 1. The van der Waals surface area contributed by atoms with Crippen molar-refractivity contribution in [3.63, 3.8) is 0 Å². The van der Waals surface area contributed by atoms with Gasteiger partial charge in [-0.2, -0.15) is 0 Å². The molecule has 0 atom stereocenters. The summed E-state index contributed by atoms with van der Waals surface area (Å²) in [5.74, 6) is -0.391. The normalized spacial score (nSPS) is 9.76. The fraction of sp³-hybridized carbons (Fsp3) is 0.333. The molecule has 0 bridgehead atoms. The highest BCUT2D eigenvalue weighted by Gasteiger charge is 2.15. The minimum Gasteiger partial charge on any atom is -0.507 e. The van der Waals surface area contributed by atoms with Crippen LogP contribution in [-0.2, 0) is 16.0 Å². The number of benzene rings is 1. The zero-order chi connectivity index (χ0) is 12.8. The van der Waals surface area contributed by atoms with Gasteiger partial charge in [0.15, 0.2) is 0 Å². The molecule has 17 heavy (non-hydrogen) atoms. The number of aldehydes is 1. The van der Waals surface area contributed by atoms with Gasteiger partial charge in [0.05, 0.1) is 14.2 Å². The average Bonchev–Trinajstić information content (AvgIpc) is 2.35. The first kappa shape index (κ1) is 13.0. The van der Waals surface area contributed by atoms with E-state index in [1.54, 1.807) is 0 Å². The number of aromatic hydroxyl groups is 1. The van der Waals surface area contributed by atoms with Gasteiger partial charge in [0.1, 0.15) is 23.3 Å². The highest BCUT2D eigenvalue weighted by Crippen LogP contribution is 2.29. The predicted molar refractivity (Wildman–Crippen MR) is 60.4 cm³/mol. The number of hydrogen-bond donors (Lipinski definition) is 1. The van der Waals surface area contributed by atoms with Crippen LogP contribution in [0.2, 0.25) is 0 Å². The smallest absolute Gasteiger partial charge is 0.341 e. The van der Waals surface area contributed by atoms with E-state index in [9.17, 15) is 14.7 Å². The number of rotatable bonds is 5. The van der Waals surface area contributed by atoms with Crippen LogP contribution in [0.3, 0.4) is 0 Å². The first-order chi connectivity index (χ1) is 8.13. The number of carbonyl (C=O) groups excluding carboxylic acids is 2. The molecule has 0 fully saturated rings. The summed E-state index contributed by atoms with van der Waals surface area (Å²) in [6.07, 6.45) is 1.54. The van der Waals surface area contributed by atoms with Crippen LogP contribution in [0.15, 0.2) is 12.1 Å². The maximum absolute atomic E-state index is 11.4. The monoisotopic (exact) mass is 238 g/mol. The van der Waals surface area contributed by atoms with Crippen molar-refractivity contribution in [3.8, 4) is 11.5 Å². The van der Waals surface area contributed by atoms with Crippen LogP contribution < -0.4 is 4.74 Å². The Bertz CT molecular complexity index is 425. The van der Waals surface area contributed by atoms with E-state index in [4.69, 9.17) is 4.74 Å². The van der Waals surface area contributed by atoms with Crippen molar-refractivity contribution in [1.82, 2.24) is 0 Å². The Kier molecular flexibility index (Phi) is 4.51. The summed E-state index contributed by atoms with van der Waals surface area (Å²) in [5, 5.41) is 9.62. The number of ether oxygens (including phenoxy) is 2. The number of phenolic OH excluding ortho intramolecular Hbond substituents is 1. The fourth-order valence-electron chi connectivity index (χ4n) is 1.49. The lowest BCUT2D eigenvalue weighted by Crippen LogP contribution is -2.04. The molecule has 1 N–H and O–H groups in total. The van der Waals surface area contributed by atoms with Crippen LogP contribution in [0.5, 0.6) is 11.5 Å². The lowest BCUT2D eigenvalue weighted by atomic mass is 10.0. The van der Waals surface area contributed by atoms with Crippen LogP contribution in [0.1, 0.15) is 22.3 Å². The van der Waals surface area contributed by atoms with Gasteiger partial charge in [0.2, 0.25) is 0 Å². The Morgan fingerprint density at radius 2 is 2.12 bits per heavy atom. The molecule has 5 heteroatoms. The number of methoxy groups -OCH3 is 2. The molecular weight excluding hydrogens is 224 g/mol. The summed E-state index contributed by atoms with van der Waals surface area (Å²) >= 11 is 0. The van der Waals surface area contributed by atoms with Crippen molar-refractivity contribution < 1.29 is 24.2 Å². The number of hydrogen-bond acceptors (Lipinski definition) is 5. The zero-order valence-electron chi connectivity index (χ0n) is 9.73. The minimum atomic E-state index is -0.627. The molecule has 0 aliphatic carbocycles. The second kappa shape index (κ2) is 5.89. The summed E-state index contributed by atoms with van der Waals surface area (Å²) in [6.45, 7) is 0. The molecule has 0 spiro atoms. The molecule has 1 aromatic carbocycles. The molecule has 92 valence electrons. The molecule has 5 nitrogen and oxygen atoms in total. The minimum absolute atomic E-state index is 0.0641. The highest BCUT2D eigenvalue weighted by molar-refractivity contribution is 5.93. The molecule has 0 saturated heterocycles. The topological polar surface area (TPSA) is 72.8 Å². The standard InChI is InChI=1S/C12H14O5/c1-16-11-7-10(14)9(12(15)17-2)6-8(11)4-3-5-13/h5-7,14H,3-4H2,1-2H3. The number of esters is 1. The van der Waals surface area contributed by atoms with E-state index in [1.165, 1.54) is 26.4 Å². The van der Waals surface area contributed by atoms with Crippen molar-refractivity contribution >= 4 is 12.3 Å². The molecular formula is C12H14O5. The van der Waals surface area contributed by atoms with E-state index < -0.39 is 5.97 Å². The van der Waals surface area contributed by atoms with Crippen LogP contribution in [0, 0.1) is 0 Å². The summed E-state index contributed by atoms with van der Waals surface area (Å²) in [4.78, 5) is 21.7. The summed E-state index contributed by atoms with van der Waals surface area (Å²) in [5.41, 5.74) is 0.743. The molecule has 0 aliphatic heterocycles. The van der Waals surface area contributed by atoms with E-state index in [1.807, 2.05) is 0 Å². The zero-order valence-corrected chi connectivity index (χ0v) is 9.73. The largest absolute Gasteiger partial charge is 0.507 e. The van der Waals surface area contributed by atoms with Gasteiger partial charge in [-0.1, -0.05) is 0 Å². The van der Waals surface area contributed by atoms with E-state index in [2.05, 4.69) is 4.74 Å². The Hall–Kier alpha value is -2.04. The van der Waals surface area contributed by atoms with E-state index in [-0.39, 0.29) is 11.3 Å². The van der Waals surface area contributed by atoms with Crippen molar-refractivity contribution in [3.05, 3.63) is 23.3 Å². The van der Waals surface area contributed by atoms with Crippen molar-refractivity contribution in [2.24, 2.45) is 0 Å². The molecule has 0 aromatic heterocycles. The van der Waals surface area contributed by atoms with E-state index in [0.717, 1.165) is 6.29 Å². The predicted octanol–water partition coefficient (Wildman–Crippen LogP) is 1.32. The first-order valence-corrected chi connectivity index (χ1v) is 5.05. The second-order valence-electron chi connectivity index (χ2n) is 3.38. The summed E-state index contributed by atoms with van der Waals surface area (Å²) < 4.78 is 9.60. The van der Waals surface area contributed by atoms with Crippen molar-refractivity contribution in [1.29, 1.82) is 0 Å². The average molecular weight is 238 g/mol. The third-order valence-corrected chi connectivity index (χ3v) is 2.34. The lowest BCUT2D eigenvalue weighted by Gasteiger charge is -2.10. The third kappa shape index (κ3) is 2.96. The van der Waals surface area contributed by atoms with Gasteiger partial charge in [-0.05, 0) is 18.1 Å². The Labute approximate surface area is 99.0 Å². The lowest BCUT2D eigenvalue weighted by molar-refractivity contribution is -0.107. The number of phenols is 1. The SMILES string of the molecule is COC(=O)c1cc(CCC=O)c(OC)cc1O. The molecule has 0 amide bonds. The van der Waals surface area contributed by atoms with Gasteiger partial charge in [0.25, 0.3) is 0 Å². The van der Waals surface area contributed by atoms with Gasteiger partial charge in [-0.15, -0.1) is 0 Å². The maximum atomic E-state index is 11.4. The van der Waals surface area contributed by atoms with Crippen LogP contribution in [-0.4, -0.2) is 31.6 Å². The Morgan fingerprint density at radius 1 is 1.41 bits per heavy atom. The van der Waals surface area contributed by atoms with E-state index in [0.29, 0.717) is 24.2 Å². The molecule has 1 rings (SSSR count). The first-order valence-electron chi connectivity index (χ1n) is 5.05. The van der Waals surface area contributed by atoms with E-state index >= 15 is 0 Å². The fourth-order valence-corrected chi connectivity index (χ4v) is 1.49. The summed E-state index contributed by atoms with van der Waals surface area (Å²) in [7, 11) is 2.69. The summed E-state index contributed by atoms with van der Waals surface area (Å²) in [6, 6.07) is 2.82. The van der Waals surface area contributed by atoms with Gasteiger partial charge in [-0.3, -0.25) is 0 Å². The Balaban J connectivity index is 3.16. The second-order valence-corrected chi connectivity index (χ2v) is 3.38. The van der Waals surface area contributed by atoms with Crippen LogP contribution in [0.4, 0.5) is 0 Å². The molecule has 0 heterocycles. The third-order valence-electron chi connectivity index (χ3n) is 2.34. The highest BCUT2D eigenvalue weighted by atomic mass is 16.5. The quantitative estimate of drug-likeness (QED) is 0.618. The van der Waals surface area contributed by atoms with Gasteiger partial charge >= 0.3 is 5.97 Å². The molecule has 0 saturated carbocycles. The number of carbonyl (C=O) groups is 2. The molecule has 0 aliphatic rings. The maximum Gasteiger partial charge on any atom is 0.341 e. The van der Waals surface area contributed by atoms with Gasteiger partial charge in [0, 0.05) is 12.5 Å². The van der Waals surface area contributed by atoms with Gasteiger partial charge < -0.3 is 19.4 Å². The van der Waals surface area contributed by atoms with Gasteiger partial charge in [-0.25, -0.2) is 4.79 Å².